The Kier molecular flexibility index (Phi) is 2.93. The van der Waals surface area contributed by atoms with Gasteiger partial charge in [-0.05, 0) is 30.7 Å². The lowest BCUT2D eigenvalue weighted by Crippen LogP contribution is -2.37. The van der Waals surface area contributed by atoms with Gasteiger partial charge < -0.3 is 4.84 Å². The van der Waals surface area contributed by atoms with Crippen LogP contribution in [0.2, 0.25) is 0 Å². The van der Waals surface area contributed by atoms with Crippen LogP contribution in [0.1, 0.15) is 36.8 Å². The normalized spacial score (nSPS) is 21.8. The Balaban J connectivity index is 1.97. The van der Waals surface area contributed by atoms with Crippen molar-refractivity contribution < 1.29 is 14.4 Å². The van der Waals surface area contributed by atoms with Crippen molar-refractivity contribution in [2.75, 3.05) is 7.05 Å². The molecule has 1 aromatic rings. The minimum atomic E-state index is -0.248. The van der Waals surface area contributed by atoms with E-state index in [9.17, 15) is 9.59 Å². The van der Waals surface area contributed by atoms with E-state index in [2.05, 4.69) is 10.5 Å². The van der Waals surface area contributed by atoms with E-state index in [0.717, 1.165) is 16.8 Å². The molecule has 0 aliphatic carbocycles. The quantitative estimate of drug-likeness (QED) is 0.835. The molecule has 0 aromatic heterocycles. The Morgan fingerprint density at radius 3 is 2.85 bits per heavy atom. The van der Waals surface area contributed by atoms with Gasteiger partial charge in [0.2, 0.25) is 5.91 Å². The number of rotatable bonds is 1. The third kappa shape index (κ3) is 2.03. The predicted octanol–water partition coefficient (Wildman–Crippen LogP) is 1.17. The van der Waals surface area contributed by atoms with E-state index < -0.39 is 0 Å². The number of amides is 2. The first kappa shape index (κ1) is 12.7. The molecule has 2 aliphatic rings. The second-order valence-corrected chi connectivity index (χ2v) is 4.99. The van der Waals surface area contributed by atoms with Crippen LogP contribution in [-0.4, -0.2) is 29.6 Å². The van der Waals surface area contributed by atoms with Crippen LogP contribution < -0.4 is 10.3 Å². The Labute approximate surface area is 116 Å². The second-order valence-electron chi connectivity index (χ2n) is 4.99. The molecule has 1 aromatic carbocycles. The van der Waals surface area contributed by atoms with Crippen molar-refractivity contribution in [1.82, 2.24) is 10.5 Å². The fourth-order valence-corrected chi connectivity index (χ4v) is 2.43. The zero-order chi connectivity index (χ0) is 14.3. The standard InChI is InChI=1S/C14H15N3O3/c1-8-10-7-9(11-4-6-13(18)16-15-11)3-5-12(10)20-17(2)14(8)19/h3,5,7-8H,4,6H2,1-2H3,(H,16,18). The Bertz CT molecular complexity index is 624. The number of nitrogens with one attached hydrogen (secondary N) is 1. The third-order valence-electron chi connectivity index (χ3n) is 3.63. The second kappa shape index (κ2) is 4.63. The van der Waals surface area contributed by atoms with Crippen LogP contribution in [0.5, 0.6) is 5.75 Å². The summed E-state index contributed by atoms with van der Waals surface area (Å²) in [5.74, 6) is 0.292. The molecule has 0 saturated carbocycles. The maximum atomic E-state index is 11.9. The summed E-state index contributed by atoms with van der Waals surface area (Å²) < 4.78 is 0. The van der Waals surface area contributed by atoms with E-state index in [4.69, 9.17) is 4.84 Å². The molecule has 0 spiro atoms. The Hall–Kier alpha value is -2.37. The van der Waals surface area contributed by atoms with Gasteiger partial charge in [0.25, 0.3) is 5.91 Å². The molecule has 0 radical (unpaired) electrons. The Morgan fingerprint density at radius 2 is 2.15 bits per heavy atom. The van der Waals surface area contributed by atoms with Gasteiger partial charge in [-0.25, -0.2) is 5.43 Å². The number of nitrogens with zero attached hydrogens (tertiary/aromatic N) is 2. The largest absolute Gasteiger partial charge is 0.377 e. The minimum absolute atomic E-state index is 0.0692. The van der Waals surface area contributed by atoms with Gasteiger partial charge in [0, 0.05) is 25.5 Å². The molecule has 104 valence electrons. The lowest BCUT2D eigenvalue weighted by Gasteiger charge is -2.29. The molecule has 20 heavy (non-hydrogen) atoms. The highest BCUT2D eigenvalue weighted by Crippen LogP contribution is 2.34. The summed E-state index contributed by atoms with van der Waals surface area (Å²) in [7, 11) is 1.61. The molecule has 0 fully saturated rings. The molecule has 2 amide bonds. The van der Waals surface area contributed by atoms with Crippen LogP contribution in [0.25, 0.3) is 0 Å². The van der Waals surface area contributed by atoms with Crippen molar-refractivity contribution in [2.24, 2.45) is 5.10 Å². The van der Waals surface area contributed by atoms with Crippen molar-refractivity contribution in [3.8, 4) is 5.75 Å². The van der Waals surface area contributed by atoms with E-state index in [-0.39, 0.29) is 17.7 Å². The average Bonchev–Trinajstić information content (AvgIpc) is 2.46. The van der Waals surface area contributed by atoms with Crippen LogP contribution in [-0.2, 0) is 9.59 Å². The van der Waals surface area contributed by atoms with Gasteiger partial charge in [-0.2, -0.15) is 10.2 Å². The molecule has 1 N–H and O–H groups in total. The monoisotopic (exact) mass is 273 g/mol. The molecule has 1 atom stereocenters. The van der Waals surface area contributed by atoms with E-state index >= 15 is 0 Å². The molecule has 2 aliphatic heterocycles. The summed E-state index contributed by atoms with van der Waals surface area (Å²) in [5, 5.41) is 5.32. The van der Waals surface area contributed by atoms with Crippen LogP contribution >= 0.6 is 0 Å². The maximum Gasteiger partial charge on any atom is 0.262 e. The summed E-state index contributed by atoms with van der Waals surface area (Å²) >= 11 is 0. The summed E-state index contributed by atoms with van der Waals surface area (Å²) in [6, 6.07) is 5.65. The fraction of sp³-hybridized carbons (Fsp3) is 0.357. The lowest BCUT2D eigenvalue weighted by molar-refractivity contribution is -0.157. The molecule has 0 saturated heterocycles. The smallest absolute Gasteiger partial charge is 0.262 e. The number of benzene rings is 1. The average molecular weight is 273 g/mol. The van der Waals surface area contributed by atoms with Crippen molar-refractivity contribution in [3.05, 3.63) is 29.3 Å². The molecule has 6 nitrogen and oxygen atoms in total. The van der Waals surface area contributed by atoms with E-state index in [1.807, 2.05) is 25.1 Å². The highest BCUT2D eigenvalue weighted by Gasteiger charge is 2.30. The van der Waals surface area contributed by atoms with Gasteiger partial charge in [0.1, 0.15) is 0 Å². The van der Waals surface area contributed by atoms with Gasteiger partial charge in [0.05, 0.1) is 11.6 Å². The van der Waals surface area contributed by atoms with E-state index in [1.165, 1.54) is 5.06 Å². The fourth-order valence-electron chi connectivity index (χ4n) is 2.43. The number of fused-ring (bicyclic) bond motifs is 1. The summed E-state index contributed by atoms with van der Waals surface area (Å²) in [6.45, 7) is 1.86. The molecule has 2 heterocycles. The maximum absolute atomic E-state index is 11.9. The van der Waals surface area contributed by atoms with Crippen molar-refractivity contribution in [3.63, 3.8) is 0 Å². The van der Waals surface area contributed by atoms with Gasteiger partial charge in [-0.1, -0.05) is 0 Å². The van der Waals surface area contributed by atoms with E-state index in [1.54, 1.807) is 7.05 Å². The highest BCUT2D eigenvalue weighted by molar-refractivity contribution is 6.04. The number of hydrazone groups is 1. The van der Waals surface area contributed by atoms with E-state index in [0.29, 0.717) is 18.6 Å². The summed E-state index contributed by atoms with van der Waals surface area (Å²) in [6.07, 6.45) is 1.04. The molecular weight excluding hydrogens is 258 g/mol. The van der Waals surface area contributed by atoms with Gasteiger partial charge >= 0.3 is 0 Å². The number of hydroxylamine groups is 2. The predicted molar refractivity (Wildman–Crippen MR) is 72.2 cm³/mol. The van der Waals surface area contributed by atoms with Crippen LogP contribution in [0.4, 0.5) is 0 Å². The number of hydrogen-bond donors (Lipinski definition) is 1. The van der Waals surface area contributed by atoms with Crippen LogP contribution in [0, 0.1) is 0 Å². The number of carbonyl (C=O) groups excluding carboxylic acids is 2. The first-order valence-electron chi connectivity index (χ1n) is 6.51. The Morgan fingerprint density at radius 1 is 1.35 bits per heavy atom. The molecule has 3 rings (SSSR count). The van der Waals surface area contributed by atoms with Gasteiger partial charge in [-0.15, -0.1) is 0 Å². The van der Waals surface area contributed by atoms with Crippen molar-refractivity contribution >= 4 is 17.5 Å². The van der Waals surface area contributed by atoms with Crippen molar-refractivity contribution in [1.29, 1.82) is 0 Å². The first-order valence-corrected chi connectivity index (χ1v) is 6.51. The van der Waals surface area contributed by atoms with Crippen LogP contribution in [0.3, 0.4) is 0 Å². The zero-order valence-corrected chi connectivity index (χ0v) is 11.3. The summed E-state index contributed by atoms with van der Waals surface area (Å²) in [5.41, 5.74) is 5.07. The van der Waals surface area contributed by atoms with Gasteiger partial charge in [0.15, 0.2) is 5.75 Å². The summed E-state index contributed by atoms with van der Waals surface area (Å²) in [4.78, 5) is 28.5. The lowest BCUT2D eigenvalue weighted by atomic mass is 9.93. The molecule has 6 heteroatoms. The van der Waals surface area contributed by atoms with Crippen LogP contribution in [0.15, 0.2) is 23.3 Å². The molecule has 1 unspecified atom stereocenters. The highest BCUT2D eigenvalue weighted by atomic mass is 16.7. The number of carbonyl (C=O) groups is 2. The third-order valence-corrected chi connectivity index (χ3v) is 3.63. The SMILES string of the molecule is CC1C(=O)N(C)Oc2ccc(C3=NNC(=O)CC3)cc21. The first-order chi connectivity index (χ1) is 9.56. The van der Waals surface area contributed by atoms with Gasteiger partial charge in [-0.3, -0.25) is 9.59 Å². The minimum Gasteiger partial charge on any atom is -0.377 e. The molecule has 0 bridgehead atoms. The zero-order valence-electron chi connectivity index (χ0n) is 11.3. The topological polar surface area (TPSA) is 71.0 Å². The molecular formula is C14H15N3O3. The van der Waals surface area contributed by atoms with Crippen molar-refractivity contribution in [2.45, 2.75) is 25.7 Å². The number of hydrogen-bond acceptors (Lipinski definition) is 4. The number of likely N-dealkylation sites (N-methyl/N-ethyl adjacent to an activating group) is 1.